The Morgan fingerprint density at radius 3 is 2.68 bits per heavy atom. The highest BCUT2D eigenvalue weighted by atomic mass is 32.2. The summed E-state index contributed by atoms with van der Waals surface area (Å²) >= 11 is 1.26. The highest BCUT2D eigenvalue weighted by molar-refractivity contribution is 7.91. The summed E-state index contributed by atoms with van der Waals surface area (Å²) in [5.41, 5.74) is 0.418. The van der Waals surface area contributed by atoms with Crippen molar-refractivity contribution in [2.75, 3.05) is 39.9 Å². The van der Waals surface area contributed by atoms with Crippen LogP contribution in [0.4, 0.5) is 0 Å². The zero-order chi connectivity index (χ0) is 19.6. The molecule has 3 heterocycles. The van der Waals surface area contributed by atoms with Gasteiger partial charge in [0.15, 0.2) is 0 Å². The number of hydrogen-bond acceptors (Lipinski definition) is 6. The van der Waals surface area contributed by atoms with E-state index in [4.69, 9.17) is 9.47 Å². The second-order valence-electron chi connectivity index (χ2n) is 7.43. The molecule has 2 aliphatic rings. The molecule has 2 aliphatic heterocycles. The maximum absolute atomic E-state index is 13.3. The highest BCUT2D eigenvalue weighted by Crippen LogP contribution is 2.37. The van der Waals surface area contributed by atoms with Crippen LogP contribution in [-0.2, 0) is 21.3 Å². The van der Waals surface area contributed by atoms with Crippen LogP contribution < -0.4 is 4.74 Å². The van der Waals surface area contributed by atoms with Gasteiger partial charge in [-0.25, -0.2) is 8.42 Å². The van der Waals surface area contributed by atoms with Gasteiger partial charge in [0, 0.05) is 51.7 Å². The molecule has 152 valence electrons. The van der Waals surface area contributed by atoms with E-state index in [1.165, 1.54) is 11.3 Å². The molecule has 0 radical (unpaired) electrons. The van der Waals surface area contributed by atoms with Crippen molar-refractivity contribution in [2.24, 2.45) is 0 Å². The third-order valence-corrected chi connectivity index (χ3v) is 8.74. The van der Waals surface area contributed by atoms with E-state index in [1.54, 1.807) is 28.9 Å². The number of para-hydroxylation sites is 1. The van der Waals surface area contributed by atoms with Crippen molar-refractivity contribution in [1.82, 2.24) is 9.21 Å². The molecule has 1 fully saturated rings. The molecule has 1 aromatic heterocycles. The monoisotopic (exact) mass is 422 g/mol. The maximum atomic E-state index is 13.3. The summed E-state index contributed by atoms with van der Waals surface area (Å²) in [5, 5.41) is 1.80. The Balaban J connectivity index is 1.63. The van der Waals surface area contributed by atoms with Crippen molar-refractivity contribution < 1.29 is 17.9 Å². The number of likely N-dealkylation sites (tertiary alicyclic amines) is 1. The lowest BCUT2D eigenvalue weighted by atomic mass is 9.91. The Kier molecular flexibility index (Phi) is 5.76. The van der Waals surface area contributed by atoms with E-state index in [0.717, 1.165) is 43.8 Å². The van der Waals surface area contributed by atoms with Crippen LogP contribution in [0.2, 0.25) is 0 Å². The lowest BCUT2D eigenvalue weighted by molar-refractivity contribution is -0.0102. The van der Waals surface area contributed by atoms with Gasteiger partial charge < -0.3 is 14.4 Å². The molecule has 0 unspecified atom stereocenters. The van der Waals surface area contributed by atoms with Crippen molar-refractivity contribution in [2.45, 2.75) is 29.2 Å². The van der Waals surface area contributed by atoms with E-state index in [-0.39, 0.29) is 0 Å². The number of fused-ring (bicyclic) bond motifs is 1. The van der Waals surface area contributed by atoms with Gasteiger partial charge in [0.05, 0.1) is 13.2 Å². The molecule has 0 aliphatic carbocycles. The summed E-state index contributed by atoms with van der Waals surface area (Å²) in [6.45, 7) is 4.05. The lowest BCUT2D eigenvalue weighted by Crippen LogP contribution is -2.54. The van der Waals surface area contributed by atoms with E-state index < -0.39 is 15.6 Å². The minimum atomic E-state index is -3.55. The molecule has 0 N–H and O–H groups in total. The average Bonchev–Trinajstić information content (AvgIpc) is 3.19. The maximum Gasteiger partial charge on any atom is 0.252 e. The number of benzene rings is 1. The van der Waals surface area contributed by atoms with Gasteiger partial charge in [0.2, 0.25) is 0 Å². The molecule has 0 bridgehead atoms. The Morgan fingerprint density at radius 2 is 1.96 bits per heavy atom. The van der Waals surface area contributed by atoms with Gasteiger partial charge in [0.1, 0.15) is 15.6 Å². The average molecular weight is 423 g/mol. The number of sulfonamides is 1. The van der Waals surface area contributed by atoms with Crippen molar-refractivity contribution >= 4 is 21.4 Å². The van der Waals surface area contributed by atoms with Crippen molar-refractivity contribution in [3.63, 3.8) is 0 Å². The van der Waals surface area contributed by atoms with Gasteiger partial charge >= 0.3 is 0 Å². The highest BCUT2D eigenvalue weighted by Gasteiger charge is 2.44. The fraction of sp³-hybridized carbons (Fsp3) is 0.500. The molecule has 1 spiro atoms. The lowest BCUT2D eigenvalue weighted by Gasteiger charge is -2.42. The van der Waals surface area contributed by atoms with Crippen LogP contribution in [0.1, 0.15) is 18.4 Å². The van der Waals surface area contributed by atoms with Gasteiger partial charge in [-0.15, -0.1) is 11.3 Å². The summed E-state index contributed by atoms with van der Waals surface area (Å²) in [6.07, 6.45) is 1.59. The summed E-state index contributed by atoms with van der Waals surface area (Å²) < 4.78 is 40.3. The number of thiophene rings is 1. The molecule has 2 aromatic rings. The fourth-order valence-corrected chi connectivity index (χ4v) is 6.58. The van der Waals surface area contributed by atoms with Gasteiger partial charge in [-0.2, -0.15) is 4.31 Å². The first-order valence-corrected chi connectivity index (χ1v) is 11.9. The number of rotatable bonds is 5. The Bertz CT molecular complexity index is 891. The summed E-state index contributed by atoms with van der Waals surface area (Å²) in [7, 11) is -1.84. The zero-order valence-corrected chi connectivity index (χ0v) is 17.7. The molecule has 8 heteroatoms. The fourth-order valence-electron chi connectivity index (χ4n) is 3.94. The van der Waals surface area contributed by atoms with E-state index in [9.17, 15) is 8.42 Å². The number of nitrogens with zero attached hydrogens (tertiary/aromatic N) is 2. The number of ether oxygens (including phenoxy) is 2. The second kappa shape index (κ2) is 8.12. The van der Waals surface area contributed by atoms with Crippen molar-refractivity contribution in [3.8, 4) is 5.75 Å². The van der Waals surface area contributed by atoms with E-state index >= 15 is 0 Å². The Morgan fingerprint density at radius 1 is 1.18 bits per heavy atom. The van der Waals surface area contributed by atoms with Crippen molar-refractivity contribution in [3.05, 3.63) is 47.3 Å². The second-order valence-corrected chi connectivity index (χ2v) is 10.5. The first-order chi connectivity index (χ1) is 13.5. The zero-order valence-electron chi connectivity index (χ0n) is 16.0. The smallest absolute Gasteiger partial charge is 0.252 e. The molecular weight excluding hydrogens is 396 g/mol. The van der Waals surface area contributed by atoms with Crippen LogP contribution in [0, 0.1) is 0 Å². The standard InChI is InChI=1S/C20H26N2O4S2/c1-25-13-12-21-10-8-20(9-11-21)16-22(28(23,24)19-7-4-14-27-19)15-17-5-2-3-6-18(17)26-20/h2-7,14H,8-13,15-16H2,1H3. The predicted molar refractivity (Wildman–Crippen MR) is 109 cm³/mol. The van der Waals surface area contributed by atoms with Crippen LogP contribution in [0.5, 0.6) is 5.75 Å². The normalized spacial score (nSPS) is 20.5. The summed E-state index contributed by atoms with van der Waals surface area (Å²) in [5.74, 6) is 0.803. The van der Waals surface area contributed by atoms with Crippen LogP contribution in [0.15, 0.2) is 46.0 Å². The van der Waals surface area contributed by atoms with E-state index in [0.29, 0.717) is 23.9 Å². The minimum absolute atomic E-state index is 0.339. The van der Waals surface area contributed by atoms with E-state index in [2.05, 4.69) is 4.90 Å². The SMILES string of the molecule is COCCN1CCC2(CC1)CN(S(=O)(=O)c1cccs1)Cc1ccccc1O2. The van der Waals surface area contributed by atoms with Crippen LogP contribution in [-0.4, -0.2) is 63.1 Å². The third-order valence-electron chi connectivity index (χ3n) is 5.58. The molecule has 0 saturated carbocycles. The number of hydrogen-bond donors (Lipinski definition) is 0. The van der Waals surface area contributed by atoms with Gasteiger partial charge in [-0.3, -0.25) is 0 Å². The predicted octanol–water partition coefficient (Wildman–Crippen LogP) is 2.81. The number of piperidine rings is 1. The first-order valence-electron chi connectivity index (χ1n) is 9.54. The topological polar surface area (TPSA) is 59.1 Å². The quantitative estimate of drug-likeness (QED) is 0.742. The van der Waals surface area contributed by atoms with Crippen LogP contribution in [0.25, 0.3) is 0 Å². The molecule has 0 amide bonds. The molecule has 1 aromatic carbocycles. The Labute approximate surface area is 170 Å². The Hall–Kier alpha value is -1.45. The van der Waals surface area contributed by atoms with Crippen LogP contribution >= 0.6 is 11.3 Å². The van der Waals surface area contributed by atoms with Gasteiger partial charge in [0.25, 0.3) is 10.0 Å². The molecule has 0 atom stereocenters. The molecular formula is C20H26N2O4S2. The first kappa shape index (κ1) is 19.8. The number of methoxy groups -OCH3 is 1. The molecule has 28 heavy (non-hydrogen) atoms. The molecule has 4 rings (SSSR count). The van der Waals surface area contributed by atoms with Gasteiger partial charge in [-0.1, -0.05) is 24.3 Å². The largest absolute Gasteiger partial charge is 0.485 e. The van der Waals surface area contributed by atoms with E-state index in [1.807, 2.05) is 24.3 Å². The van der Waals surface area contributed by atoms with Crippen LogP contribution in [0.3, 0.4) is 0 Å². The summed E-state index contributed by atoms with van der Waals surface area (Å²) in [4.78, 5) is 2.35. The third kappa shape index (κ3) is 3.97. The van der Waals surface area contributed by atoms with Gasteiger partial charge in [-0.05, 0) is 17.5 Å². The minimum Gasteiger partial charge on any atom is -0.485 e. The van der Waals surface area contributed by atoms with Crippen molar-refractivity contribution in [1.29, 1.82) is 0 Å². The molecule has 1 saturated heterocycles. The summed E-state index contributed by atoms with van der Waals surface area (Å²) in [6, 6.07) is 11.3. The molecule has 6 nitrogen and oxygen atoms in total.